The Kier molecular flexibility index (Phi) is 3.79. The largest absolute Gasteiger partial charge is 0.480 e. The standard InChI is InChI=1S/C13H13N3O4/c1-8(13(19)20)15-11(17)7-16-12(18)10-5-3-2-4-9(10)6-14-16/h2-6,8H,7H2,1H3,(H,15,17)(H,19,20)/t8-/m0/s1. The van der Waals surface area contributed by atoms with E-state index in [1.807, 2.05) is 0 Å². The van der Waals surface area contributed by atoms with Gasteiger partial charge in [0.25, 0.3) is 5.56 Å². The second-order valence-electron chi connectivity index (χ2n) is 4.32. The van der Waals surface area contributed by atoms with Crippen LogP contribution in [0.15, 0.2) is 35.3 Å². The van der Waals surface area contributed by atoms with Crippen molar-refractivity contribution in [1.82, 2.24) is 15.1 Å². The van der Waals surface area contributed by atoms with Gasteiger partial charge in [-0.1, -0.05) is 18.2 Å². The van der Waals surface area contributed by atoms with Crippen molar-refractivity contribution in [2.75, 3.05) is 0 Å². The molecule has 7 heteroatoms. The summed E-state index contributed by atoms with van der Waals surface area (Å²) in [6.45, 7) is 1.03. The summed E-state index contributed by atoms with van der Waals surface area (Å²) >= 11 is 0. The number of aliphatic carboxylic acids is 1. The minimum Gasteiger partial charge on any atom is -0.480 e. The van der Waals surface area contributed by atoms with Gasteiger partial charge in [0.05, 0.1) is 11.6 Å². The number of rotatable bonds is 4. The van der Waals surface area contributed by atoms with E-state index in [2.05, 4.69) is 10.4 Å². The molecule has 7 nitrogen and oxygen atoms in total. The number of hydrogen-bond donors (Lipinski definition) is 2. The number of nitrogens with zero attached hydrogens (tertiary/aromatic N) is 2. The number of benzene rings is 1. The average molecular weight is 275 g/mol. The van der Waals surface area contributed by atoms with E-state index in [-0.39, 0.29) is 12.1 Å². The molecule has 0 aliphatic rings. The quantitative estimate of drug-likeness (QED) is 0.817. The van der Waals surface area contributed by atoms with E-state index in [1.54, 1.807) is 24.3 Å². The Hall–Kier alpha value is -2.70. The van der Waals surface area contributed by atoms with E-state index < -0.39 is 17.9 Å². The van der Waals surface area contributed by atoms with Gasteiger partial charge in [-0.05, 0) is 13.0 Å². The smallest absolute Gasteiger partial charge is 0.325 e. The number of carboxylic acids is 1. The lowest BCUT2D eigenvalue weighted by Gasteiger charge is -2.10. The molecule has 2 aromatic rings. The first kappa shape index (κ1) is 13.7. The first-order valence-corrected chi connectivity index (χ1v) is 5.96. The van der Waals surface area contributed by atoms with Crippen molar-refractivity contribution in [3.8, 4) is 0 Å². The van der Waals surface area contributed by atoms with E-state index in [1.165, 1.54) is 13.1 Å². The molecule has 2 N–H and O–H groups in total. The highest BCUT2D eigenvalue weighted by atomic mass is 16.4. The molecule has 1 amide bonds. The number of amides is 1. The summed E-state index contributed by atoms with van der Waals surface area (Å²) in [6.07, 6.45) is 1.49. The second kappa shape index (κ2) is 5.52. The zero-order chi connectivity index (χ0) is 14.7. The zero-order valence-corrected chi connectivity index (χ0v) is 10.7. The van der Waals surface area contributed by atoms with Crippen molar-refractivity contribution < 1.29 is 14.7 Å². The first-order valence-electron chi connectivity index (χ1n) is 5.96. The molecule has 0 saturated carbocycles. The predicted molar refractivity (Wildman–Crippen MR) is 71.2 cm³/mol. The van der Waals surface area contributed by atoms with E-state index in [9.17, 15) is 14.4 Å². The summed E-state index contributed by atoms with van der Waals surface area (Å²) in [5.41, 5.74) is -0.388. The van der Waals surface area contributed by atoms with Gasteiger partial charge >= 0.3 is 5.97 Å². The van der Waals surface area contributed by atoms with Crippen LogP contribution >= 0.6 is 0 Å². The number of carbonyl (C=O) groups excluding carboxylic acids is 1. The highest BCUT2D eigenvalue weighted by Gasteiger charge is 2.15. The topological polar surface area (TPSA) is 101 Å². The molecule has 1 aromatic heterocycles. The molecule has 0 unspecified atom stereocenters. The fraction of sp³-hybridized carbons (Fsp3) is 0.231. The van der Waals surface area contributed by atoms with Gasteiger partial charge in [0.15, 0.2) is 0 Å². The number of nitrogens with one attached hydrogen (secondary N) is 1. The summed E-state index contributed by atoms with van der Waals surface area (Å²) in [5, 5.41) is 16.0. The van der Waals surface area contributed by atoms with Crippen LogP contribution in [-0.2, 0) is 16.1 Å². The van der Waals surface area contributed by atoms with Gasteiger partial charge < -0.3 is 10.4 Å². The maximum atomic E-state index is 12.1. The SMILES string of the molecule is C[C@H](NC(=O)Cn1ncc2ccccc2c1=O)C(=O)O. The fourth-order valence-electron chi connectivity index (χ4n) is 1.73. The molecule has 0 saturated heterocycles. The van der Waals surface area contributed by atoms with Crippen LogP contribution in [0.5, 0.6) is 0 Å². The van der Waals surface area contributed by atoms with Crippen molar-refractivity contribution in [2.45, 2.75) is 19.5 Å². The maximum Gasteiger partial charge on any atom is 0.325 e. The molecule has 104 valence electrons. The van der Waals surface area contributed by atoms with Crippen LogP contribution in [-0.4, -0.2) is 32.8 Å². The second-order valence-corrected chi connectivity index (χ2v) is 4.32. The Morgan fingerprint density at radius 1 is 1.40 bits per heavy atom. The molecule has 1 atom stereocenters. The highest BCUT2D eigenvalue weighted by molar-refractivity contribution is 5.84. The normalized spacial score (nSPS) is 12.1. The molecule has 0 aliphatic carbocycles. The third-order valence-electron chi connectivity index (χ3n) is 2.80. The third kappa shape index (κ3) is 2.82. The van der Waals surface area contributed by atoms with Gasteiger partial charge in [0, 0.05) is 5.39 Å². The monoisotopic (exact) mass is 275 g/mol. The Morgan fingerprint density at radius 3 is 2.80 bits per heavy atom. The molecule has 1 heterocycles. The molecular weight excluding hydrogens is 262 g/mol. The van der Waals surface area contributed by atoms with Gasteiger partial charge in [-0.3, -0.25) is 14.4 Å². The number of carbonyl (C=O) groups is 2. The molecule has 0 spiro atoms. The average Bonchev–Trinajstić information content (AvgIpc) is 2.42. The molecular formula is C13H13N3O4. The van der Waals surface area contributed by atoms with Crippen molar-refractivity contribution in [3.05, 3.63) is 40.8 Å². The molecule has 0 fully saturated rings. The van der Waals surface area contributed by atoms with Crippen LogP contribution in [0.2, 0.25) is 0 Å². The van der Waals surface area contributed by atoms with Gasteiger partial charge in [-0.25, -0.2) is 4.68 Å². The Morgan fingerprint density at radius 2 is 2.10 bits per heavy atom. The molecule has 1 aromatic carbocycles. The van der Waals surface area contributed by atoms with E-state index in [0.717, 1.165) is 4.68 Å². The van der Waals surface area contributed by atoms with Crippen LogP contribution in [0.4, 0.5) is 0 Å². The fourth-order valence-corrected chi connectivity index (χ4v) is 1.73. The molecule has 2 rings (SSSR count). The van der Waals surface area contributed by atoms with Crippen molar-refractivity contribution in [1.29, 1.82) is 0 Å². The lowest BCUT2D eigenvalue weighted by Crippen LogP contribution is -2.41. The van der Waals surface area contributed by atoms with Crippen LogP contribution in [0.1, 0.15) is 6.92 Å². The summed E-state index contributed by atoms with van der Waals surface area (Å²) in [6, 6.07) is 5.89. The van der Waals surface area contributed by atoms with Crippen LogP contribution < -0.4 is 10.9 Å². The van der Waals surface area contributed by atoms with Gasteiger partial charge in [0.1, 0.15) is 12.6 Å². The maximum absolute atomic E-state index is 12.1. The molecule has 0 bridgehead atoms. The number of carboxylic acid groups (broad SMARTS) is 1. The highest BCUT2D eigenvalue weighted by Crippen LogP contribution is 2.06. The number of aromatic nitrogens is 2. The number of hydrogen-bond acceptors (Lipinski definition) is 4. The van der Waals surface area contributed by atoms with Gasteiger partial charge in [-0.15, -0.1) is 0 Å². The van der Waals surface area contributed by atoms with Gasteiger partial charge in [0.2, 0.25) is 5.91 Å². The van der Waals surface area contributed by atoms with E-state index >= 15 is 0 Å². The van der Waals surface area contributed by atoms with Crippen molar-refractivity contribution in [2.24, 2.45) is 0 Å². The van der Waals surface area contributed by atoms with Crippen LogP contribution in [0.25, 0.3) is 10.8 Å². The Labute approximate surface area is 113 Å². The third-order valence-corrected chi connectivity index (χ3v) is 2.80. The lowest BCUT2D eigenvalue weighted by molar-refractivity contribution is -0.141. The predicted octanol–water partition coefficient (Wildman–Crippen LogP) is -0.0142. The molecule has 20 heavy (non-hydrogen) atoms. The summed E-state index contributed by atoms with van der Waals surface area (Å²) in [7, 11) is 0. The van der Waals surface area contributed by atoms with Crippen molar-refractivity contribution in [3.63, 3.8) is 0 Å². The summed E-state index contributed by atoms with van der Waals surface area (Å²) < 4.78 is 1.01. The minimum atomic E-state index is -1.14. The van der Waals surface area contributed by atoms with Crippen LogP contribution in [0.3, 0.4) is 0 Å². The Bertz CT molecular complexity index is 723. The zero-order valence-electron chi connectivity index (χ0n) is 10.7. The van der Waals surface area contributed by atoms with Crippen molar-refractivity contribution >= 4 is 22.6 Å². The summed E-state index contributed by atoms with van der Waals surface area (Å²) in [5.74, 6) is -1.72. The van der Waals surface area contributed by atoms with Crippen LogP contribution in [0, 0.1) is 0 Å². The minimum absolute atomic E-state index is 0.318. The number of fused-ring (bicyclic) bond motifs is 1. The Balaban J connectivity index is 2.22. The van der Waals surface area contributed by atoms with E-state index in [4.69, 9.17) is 5.11 Å². The summed E-state index contributed by atoms with van der Waals surface area (Å²) in [4.78, 5) is 34.4. The lowest BCUT2D eigenvalue weighted by atomic mass is 10.2. The molecule has 0 aliphatic heterocycles. The van der Waals surface area contributed by atoms with Gasteiger partial charge in [-0.2, -0.15) is 5.10 Å². The molecule has 0 radical (unpaired) electrons. The first-order chi connectivity index (χ1) is 9.49. The van der Waals surface area contributed by atoms with E-state index in [0.29, 0.717) is 10.8 Å².